The van der Waals surface area contributed by atoms with Crippen molar-refractivity contribution < 1.29 is 14.3 Å². The van der Waals surface area contributed by atoms with Gasteiger partial charge in [-0.25, -0.2) is 0 Å². The fourth-order valence-electron chi connectivity index (χ4n) is 1.83. The van der Waals surface area contributed by atoms with Crippen LogP contribution in [0.5, 0.6) is 11.5 Å². The molecule has 0 heterocycles. The first-order chi connectivity index (χ1) is 8.06. The molecule has 1 aromatic carbocycles. The van der Waals surface area contributed by atoms with Gasteiger partial charge in [0.2, 0.25) is 0 Å². The number of rotatable bonds is 5. The van der Waals surface area contributed by atoms with Gasteiger partial charge in [0.25, 0.3) is 0 Å². The molecule has 0 aliphatic rings. The lowest BCUT2D eigenvalue weighted by molar-refractivity contribution is -0.108. The average molecular weight is 257 g/mol. The zero-order valence-electron chi connectivity index (χ0n) is 10.5. The topological polar surface area (TPSA) is 35.5 Å². The van der Waals surface area contributed by atoms with Crippen LogP contribution in [0.2, 0.25) is 5.02 Å². The summed E-state index contributed by atoms with van der Waals surface area (Å²) in [5.74, 6) is 1.25. The summed E-state index contributed by atoms with van der Waals surface area (Å²) in [5, 5.41) is 0.636. The van der Waals surface area contributed by atoms with Gasteiger partial charge in [-0.05, 0) is 24.5 Å². The van der Waals surface area contributed by atoms with Gasteiger partial charge >= 0.3 is 0 Å². The molecule has 0 fully saturated rings. The van der Waals surface area contributed by atoms with E-state index in [-0.39, 0.29) is 5.92 Å². The maximum atomic E-state index is 10.6. The van der Waals surface area contributed by atoms with Gasteiger partial charge in [0.05, 0.1) is 19.2 Å². The van der Waals surface area contributed by atoms with Crippen molar-refractivity contribution in [1.82, 2.24) is 0 Å². The highest BCUT2D eigenvalue weighted by molar-refractivity contribution is 6.32. The molecule has 1 rings (SSSR count). The third-order valence-electron chi connectivity index (χ3n) is 2.77. The van der Waals surface area contributed by atoms with Crippen molar-refractivity contribution in [1.29, 1.82) is 0 Å². The summed E-state index contributed by atoms with van der Waals surface area (Å²) in [4.78, 5) is 10.6. The molecular weight excluding hydrogens is 240 g/mol. The lowest BCUT2D eigenvalue weighted by atomic mass is 9.95. The normalized spacial score (nSPS) is 12.1. The Labute approximate surface area is 107 Å². The van der Waals surface area contributed by atoms with E-state index in [2.05, 4.69) is 0 Å². The molecule has 1 atom stereocenters. The summed E-state index contributed by atoms with van der Waals surface area (Å²) in [7, 11) is 3.15. The summed E-state index contributed by atoms with van der Waals surface area (Å²) < 4.78 is 10.6. The minimum atomic E-state index is 0.00347. The highest BCUT2D eigenvalue weighted by atomic mass is 35.5. The van der Waals surface area contributed by atoms with Gasteiger partial charge in [-0.15, -0.1) is 0 Å². The zero-order chi connectivity index (χ0) is 13.0. The van der Waals surface area contributed by atoms with E-state index in [0.29, 0.717) is 22.9 Å². The number of methoxy groups -OCH3 is 2. The molecule has 0 aliphatic carbocycles. The van der Waals surface area contributed by atoms with Crippen molar-refractivity contribution in [2.24, 2.45) is 0 Å². The molecule has 0 N–H and O–H groups in total. The standard InChI is InChI=1S/C13H17ClO3/c1-8(5-6-15)11-12(14)9(2)7-10(16-3)13(11)17-4/h6-8H,5H2,1-4H3. The van der Waals surface area contributed by atoms with Crippen molar-refractivity contribution in [2.45, 2.75) is 26.2 Å². The van der Waals surface area contributed by atoms with E-state index >= 15 is 0 Å². The van der Waals surface area contributed by atoms with E-state index in [1.807, 2.05) is 19.9 Å². The zero-order valence-corrected chi connectivity index (χ0v) is 11.3. The van der Waals surface area contributed by atoms with Crippen LogP contribution in [0.25, 0.3) is 0 Å². The van der Waals surface area contributed by atoms with Gasteiger partial charge in [-0.1, -0.05) is 18.5 Å². The SMILES string of the molecule is COc1cc(C)c(Cl)c(C(C)CC=O)c1OC. The molecule has 94 valence electrons. The second kappa shape index (κ2) is 5.92. The maximum Gasteiger partial charge on any atom is 0.165 e. The minimum absolute atomic E-state index is 0.00347. The van der Waals surface area contributed by atoms with E-state index in [0.717, 1.165) is 17.4 Å². The molecule has 0 spiro atoms. The van der Waals surface area contributed by atoms with Crippen LogP contribution in [0.3, 0.4) is 0 Å². The largest absolute Gasteiger partial charge is 0.493 e. The average Bonchev–Trinajstić information content (AvgIpc) is 2.31. The number of benzene rings is 1. The lowest BCUT2D eigenvalue weighted by Gasteiger charge is -2.19. The second-order valence-corrected chi connectivity index (χ2v) is 4.34. The van der Waals surface area contributed by atoms with Gasteiger partial charge in [-0.2, -0.15) is 0 Å². The number of ether oxygens (including phenoxy) is 2. The smallest absolute Gasteiger partial charge is 0.165 e. The summed E-state index contributed by atoms with van der Waals surface area (Å²) in [6, 6.07) is 1.83. The molecule has 17 heavy (non-hydrogen) atoms. The highest BCUT2D eigenvalue weighted by Crippen LogP contribution is 2.43. The third kappa shape index (κ3) is 2.72. The minimum Gasteiger partial charge on any atom is -0.493 e. The van der Waals surface area contributed by atoms with Gasteiger partial charge in [0, 0.05) is 12.0 Å². The Balaban J connectivity index is 3.42. The predicted molar refractivity (Wildman–Crippen MR) is 68.4 cm³/mol. The van der Waals surface area contributed by atoms with Crippen molar-refractivity contribution in [3.05, 3.63) is 22.2 Å². The Bertz CT molecular complexity index is 416. The molecule has 3 nitrogen and oxygen atoms in total. The molecule has 0 saturated carbocycles. The molecule has 0 amide bonds. The van der Waals surface area contributed by atoms with Crippen molar-refractivity contribution in [2.75, 3.05) is 14.2 Å². The van der Waals surface area contributed by atoms with Crippen LogP contribution in [0, 0.1) is 6.92 Å². The first kappa shape index (κ1) is 13.8. The Morgan fingerprint density at radius 3 is 2.53 bits per heavy atom. The Morgan fingerprint density at radius 2 is 2.06 bits per heavy atom. The van der Waals surface area contributed by atoms with E-state index in [4.69, 9.17) is 21.1 Å². The molecule has 0 saturated heterocycles. The summed E-state index contributed by atoms with van der Waals surface area (Å²) in [5.41, 5.74) is 1.75. The first-order valence-corrected chi connectivity index (χ1v) is 5.79. The van der Waals surface area contributed by atoms with Crippen LogP contribution < -0.4 is 9.47 Å². The Morgan fingerprint density at radius 1 is 1.41 bits per heavy atom. The number of carbonyl (C=O) groups is 1. The maximum absolute atomic E-state index is 10.6. The monoisotopic (exact) mass is 256 g/mol. The summed E-state index contributed by atoms with van der Waals surface area (Å²) >= 11 is 6.29. The summed E-state index contributed by atoms with van der Waals surface area (Å²) in [6.07, 6.45) is 1.29. The molecule has 4 heteroatoms. The van der Waals surface area contributed by atoms with Gasteiger partial charge in [-0.3, -0.25) is 0 Å². The third-order valence-corrected chi connectivity index (χ3v) is 3.27. The number of hydrogen-bond donors (Lipinski definition) is 0. The van der Waals surface area contributed by atoms with Crippen LogP contribution >= 0.6 is 11.6 Å². The highest BCUT2D eigenvalue weighted by Gasteiger charge is 2.21. The number of aldehydes is 1. The lowest BCUT2D eigenvalue weighted by Crippen LogP contribution is -2.03. The molecule has 1 unspecified atom stereocenters. The second-order valence-electron chi connectivity index (χ2n) is 3.96. The quantitative estimate of drug-likeness (QED) is 0.758. The molecule has 0 aromatic heterocycles. The molecule has 0 aliphatic heterocycles. The Kier molecular flexibility index (Phi) is 4.82. The summed E-state index contributed by atoms with van der Waals surface area (Å²) in [6.45, 7) is 3.85. The number of carbonyl (C=O) groups excluding carboxylic acids is 1. The fourth-order valence-corrected chi connectivity index (χ4v) is 2.16. The van der Waals surface area contributed by atoms with Crippen LogP contribution in [0.15, 0.2) is 6.07 Å². The van der Waals surface area contributed by atoms with Crippen LogP contribution in [0.4, 0.5) is 0 Å². The molecule has 0 bridgehead atoms. The van der Waals surface area contributed by atoms with Gasteiger partial charge < -0.3 is 14.3 Å². The van der Waals surface area contributed by atoms with Crippen molar-refractivity contribution in [3.8, 4) is 11.5 Å². The molecule has 0 radical (unpaired) electrons. The van der Waals surface area contributed by atoms with E-state index in [1.54, 1.807) is 14.2 Å². The van der Waals surface area contributed by atoms with Crippen molar-refractivity contribution in [3.63, 3.8) is 0 Å². The molecule has 1 aromatic rings. The van der Waals surface area contributed by atoms with Gasteiger partial charge in [0.15, 0.2) is 11.5 Å². The van der Waals surface area contributed by atoms with Gasteiger partial charge in [0.1, 0.15) is 6.29 Å². The number of aryl methyl sites for hydroxylation is 1. The van der Waals surface area contributed by atoms with Crippen molar-refractivity contribution >= 4 is 17.9 Å². The number of halogens is 1. The van der Waals surface area contributed by atoms with E-state index in [9.17, 15) is 4.79 Å². The fraction of sp³-hybridized carbons (Fsp3) is 0.462. The predicted octanol–water partition coefficient (Wildman–Crippen LogP) is 3.36. The van der Waals surface area contributed by atoms with Crippen LogP contribution in [0.1, 0.15) is 30.4 Å². The van der Waals surface area contributed by atoms with E-state index < -0.39 is 0 Å². The first-order valence-electron chi connectivity index (χ1n) is 5.41. The molecular formula is C13H17ClO3. The number of hydrogen-bond acceptors (Lipinski definition) is 3. The van der Waals surface area contributed by atoms with Crippen LogP contribution in [-0.4, -0.2) is 20.5 Å². The van der Waals surface area contributed by atoms with Crippen LogP contribution in [-0.2, 0) is 4.79 Å². The van der Waals surface area contributed by atoms with E-state index in [1.165, 1.54) is 0 Å². The Hall–Kier alpha value is -1.22.